The summed E-state index contributed by atoms with van der Waals surface area (Å²) in [6.45, 7) is 3.32. The maximum atomic E-state index is 7.89. The van der Waals surface area contributed by atoms with Gasteiger partial charge in [-0.1, -0.05) is 29.0 Å². The third-order valence-corrected chi connectivity index (χ3v) is 0.561. The van der Waals surface area contributed by atoms with Crippen LogP contribution < -0.4 is 0 Å². The van der Waals surface area contributed by atoms with Crippen LogP contribution >= 0.6 is 0 Å². The molecular weight excluding hydrogens is 132 g/mol. The maximum absolute atomic E-state index is 7.89. The molecule has 6 nitrogen and oxygen atoms in total. The summed E-state index contributed by atoms with van der Waals surface area (Å²) in [6, 6.07) is 0. The number of nitrogens with zero attached hydrogens (tertiary/aromatic N) is 6. The zero-order valence-corrected chi connectivity index (χ0v) is 5.05. The van der Waals surface area contributed by atoms with E-state index in [-0.39, 0.29) is 5.82 Å². The molecule has 0 unspecified atom stereocenters. The SMILES string of the molecule is C=CC=C(N=[N+]=[N-])N=[N+]=[N-]. The highest BCUT2D eigenvalue weighted by Gasteiger charge is 1.81. The molecule has 0 radical (unpaired) electrons. The number of hydrogen-bond donors (Lipinski definition) is 0. The van der Waals surface area contributed by atoms with Crippen LogP contribution in [0.1, 0.15) is 0 Å². The topological polar surface area (TPSA) is 97.5 Å². The lowest BCUT2D eigenvalue weighted by molar-refractivity contribution is 1.19. The predicted molar refractivity (Wildman–Crippen MR) is 36.6 cm³/mol. The van der Waals surface area contributed by atoms with Gasteiger partial charge in [-0.05, 0) is 11.1 Å². The van der Waals surface area contributed by atoms with Crippen LogP contribution in [0.5, 0.6) is 0 Å². The summed E-state index contributed by atoms with van der Waals surface area (Å²) in [7, 11) is 0. The largest absolute Gasteiger partial charge is 0.100 e. The summed E-state index contributed by atoms with van der Waals surface area (Å²) in [6.07, 6.45) is 2.66. The summed E-state index contributed by atoms with van der Waals surface area (Å²) in [4.78, 5) is 4.83. The molecule has 0 aliphatic rings. The Kier molecular flexibility index (Phi) is 4.25. The average Bonchev–Trinajstić information content (AvgIpc) is 1.90. The third-order valence-electron chi connectivity index (χ3n) is 0.561. The van der Waals surface area contributed by atoms with Crippen molar-refractivity contribution in [2.45, 2.75) is 0 Å². The van der Waals surface area contributed by atoms with Gasteiger partial charge in [-0.15, -0.1) is 0 Å². The van der Waals surface area contributed by atoms with Crippen molar-refractivity contribution in [2.75, 3.05) is 0 Å². The molecule has 0 aliphatic heterocycles. The Morgan fingerprint density at radius 3 is 2.10 bits per heavy atom. The van der Waals surface area contributed by atoms with Gasteiger partial charge in [0.05, 0.1) is 0 Å². The molecule has 50 valence electrons. The van der Waals surface area contributed by atoms with Gasteiger partial charge >= 0.3 is 0 Å². The van der Waals surface area contributed by atoms with Gasteiger partial charge < -0.3 is 0 Å². The fourth-order valence-electron chi connectivity index (χ4n) is 0.284. The van der Waals surface area contributed by atoms with Gasteiger partial charge in [-0.2, -0.15) is 0 Å². The summed E-state index contributed by atoms with van der Waals surface area (Å²) in [5.41, 5.74) is 15.8. The summed E-state index contributed by atoms with van der Waals surface area (Å²) < 4.78 is 0. The molecule has 0 spiro atoms. The minimum Gasteiger partial charge on any atom is -0.0991 e. The second-order valence-corrected chi connectivity index (χ2v) is 1.14. The Bertz CT molecular complexity index is 218. The standard InChI is InChI=1S/C4H4N6/c1-2-3-4(7-9-5)8-10-6/h2-3H,1H2. The Labute approximate surface area is 56.7 Å². The molecule has 0 rings (SSSR count). The van der Waals surface area contributed by atoms with E-state index in [1.165, 1.54) is 12.2 Å². The fourth-order valence-corrected chi connectivity index (χ4v) is 0.284. The molecular formula is C4H4N6. The molecule has 0 N–H and O–H groups in total. The first kappa shape index (κ1) is 8.10. The molecule has 0 aliphatic carbocycles. The quantitative estimate of drug-likeness (QED) is 0.246. The van der Waals surface area contributed by atoms with Gasteiger partial charge in [0, 0.05) is 9.82 Å². The zero-order valence-electron chi connectivity index (χ0n) is 5.05. The van der Waals surface area contributed by atoms with E-state index in [0.717, 1.165) is 0 Å². The van der Waals surface area contributed by atoms with Gasteiger partial charge in [0.2, 0.25) is 0 Å². The summed E-state index contributed by atoms with van der Waals surface area (Å²) in [5, 5.41) is 6.11. The van der Waals surface area contributed by atoms with Gasteiger partial charge in [-0.3, -0.25) is 0 Å². The van der Waals surface area contributed by atoms with E-state index in [9.17, 15) is 0 Å². The van der Waals surface area contributed by atoms with Crippen molar-refractivity contribution in [2.24, 2.45) is 10.2 Å². The average molecular weight is 136 g/mol. The number of rotatable bonds is 3. The van der Waals surface area contributed by atoms with Crippen LogP contribution in [0.2, 0.25) is 0 Å². The molecule has 0 fully saturated rings. The van der Waals surface area contributed by atoms with Crippen molar-refractivity contribution < 1.29 is 0 Å². The number of azide groups is 1. The molecule has 0 saturated carbocycles. The molecule has 0 aromatic rings. The summed E-state index contributed by atoms with van der Waals surface area (Å²) >= 11 is 0. The van der Waals surface area contributed by atoms with Crippen molar-refractivity contribution in [1.29, 1.82) is 0 Å². The molecule has 10 heavy (non-hydrogen) atoms. The molecule has 0 saturated heterocycles. The van der Waals surface area contributed by atoms with Crippen molar-refractivity contribution in [1.82, 2.24) is 0 Å². The van der Waals surface area contributed by atoms with Crippen LogP contribution in [0, 0.1) is 0 Å². The second-order valence-electron chi connectivity index (χ2n) is 1.14. The van der Waals surface area contributed by atoms with Crippen LogP contribution in [-0.4, -0.2) is 0 Å². The van der Waals surface area contributed by atoms with E-state index in [1.807, 2.05) is 0 Å². The summed E-state index contributed by atoms with van der Waals surface area (Å²) in [5.74, 6) is -0.0417. The molecule has 0 aromatic carbocycles. The van der Waals surface area contributed by atoms with Gasteiger partial charge in [-0.25, -0.2) is 0 Å². The van der Waals surface area contributed by atoms with Crippen molar-refractivity contribution in [3.8, 4) is 0 Å². The Morgan fingerprint density at radius 2 is 1.80 bits per heavy atom. The Hall–Kier alpha value is -1.90. The van der Waals surface area contributed by atoms with E-state index in [4.69, 9.17) is 11.1 Å². The lowest BCUT2D eigenvalue weighted by Gasteiger charge is -1.80. The predicted octanol–water partition coefficient (Wildman–Crippen LogP) is 2.63. The molecule has 0 atom stereocenters. The van der Waals surface area contributed by atoms with Gasteiger partial charge in [0.25, 0.3) is 0 Å². The number of allylic oxidation sites excluding steroid dienone is 2. The minimum atomic E-state index is -0.0417. The monoisotopic (exact) mass is 136 g/mol. The van der Waals surface area contributed by atoms with Crippen LogP contribution in [0.25, 0.3) is 20.9 Å². The maximum Gasteiger partial charge on any atom is 0.100 e. The van der Waals surface area contributed by atoms with Gasteiger partial charge in [0.1, 0.15) is 5.82 Å². The zero-order chi connectivity index (χ0) is 7.82. The second kappa shape index (κ2) is 5.24. The van der Waals surface area contributed by atoms with E-state index in [2.05, 4.69) is 26.6 Å². The van der Waals surface area contributed by atoms with Gasteiger partial charge in [0.15, 0.2) is 0 Å². The highest BCUT2D eigenvalue weighted by atomic mass is 15.3. The normalized spacial score (nSPS) is 6.40. The fraction of sp³-hybridized carbons (Fsp3) is 0. The Morgan fingerprint density at radius 1 is 1.30 bits per heavy atom. The lowest BCUT2D eigenvalue weighted by atomic mass is 10.5. The first-order valence-corrected chi connectivity index (χ1v) is 2.28. The molecule has 0 heterocycles. The van der Waals surface area contributed by atoms with Crippen LogP contribution in [-0.2, 0) is 0 Å². The number of hydrogen-bond acceptors (Lipinski definition) is 2. The molecule has 0 bridgehead atoms. The van der Waals surface area contributed by atoms with Crippen LogP contribution in [0.4, 0.5) is 0 Å². The molecule has 0 amide bonds. The highest BCUT2D eigenvalue weighted by molar-refractivity contribution is 5.07. The first-order valence-electron chi connectivity index (χ1n) is 2.28. The molecule has 0 aromatic heterocycles. The highest BCUT2D eigenvalue weighted by Crippen LogP contribution is 1.98. The smallest absolute Gasteiger partial charge is 0.0991 e. The van der Waals surface area contributed by atoms with Crippen molar-refractivity contribution in [3.05, 3.63) is 45.4 Å². The van der Waals surface area contributed by atoms with Crippen LogP contribution in [0.15, 0.2) is 34.8 Å². The minimum absolute atomic E-state index is 0.0417. The third kappa shape index (κ3) is 3.15. The van der Waals surface area contributed by atoms with E-state index >= 15 is 0 Å². The van der Waals surface area contributed by atoms with E-state index in [0.29, 0.717) is 0 Å². The first-order chi connectivity index (χ1) is 4.85. The van der Waals surface area contributed by atoms with Crippen molar-refractivity contribution in [3.63, 3.8) is 0 Å². The van der Waals surface area contributed by atoms with Crippen LogP contribution in [0.3, 0.4) is 0 Å². The van der Waals surface area contributed by atoms with Crippen molar-refractivity contribution >= 4 is 0 Å². The lowest BCUT2D eigenvalue weighted by Crippen LogP contribution is -1.62. The van der Waals surface area contributed by atoms with E-state index in [1.54, 1.807) is 0 Å². The molecule has 6 heteroatoms. The van der Waals surface area contributed by atoms with E-state index < -0.39 is 0 Å². The Balaban J connectivity index is 4.55.